The molecule has 5 nitrogen and oxygen atoms in total. The van der Waals surface area contributed by atoms with Crippen LogP contribution in [0.25, 0.3) is 0 Å². The summed E-state index contributed by atoms with van der Waals surface area (Å²) in [5.41, 5.74) is 0. The van der Waals surface area contributed by atoms with E-state index in [1.165, 1.54) is 30.8 Å². The topological polar surface area (TPSA) is 56.5 Å². The summed E-state index contributed by atoms with van der Waals surface area (Å²) >= 11 is 13.2. The molecule has 100 valence electrons. The fraction of sp³-hybridized carbons (Fsp3) is 0.455. The SMILES string of the molecule is Clc1ncc(Cl)c(Sc2nnc3n2CCCCC3)n1. The van der Waals surface area contributed by atoms with Crippen LogP contribution in [0.4, 0.5) is 0 Å². The lowest BCUT2D eigenvalue weighted by Crippen LogP contribution is -2.02. The predicted octanol–water partition coefficient (Wildman–Crippen LogP) is 3.25. The molecule has 0 atom stereocenters. The van der Waals surface area contributed by atoms with Crippen LogP contribution >= 0.6 is 35.0 Å². The van der Waals surface area contributed by atoms with Crippen molar-refractivity contribution in [1.82, 2.24) is 24.7 Å². The Morgan fingerprint density at radius 2 is 2.05 bits per heavy atom. The van der Waals surface area contributed by atoms with E-state index >= 15 is 0 Å². The minimum atomic E-state index is 0.183. The summed E-state index contributed by atoms with van der Waals surface area (Å²) in [4.78, 5) is 7.96. The van der Waals surface area contributed by atoms with Crippen LogP contribution in [0.3, 0.4) is 0 Å². The highest BCUT2D eigenvalue weighted by atomic mass is 35.5. The lowest BCUT2D eigenvalue weighted by atomic mass is 10.2. The largest absolute Gasteiger partial charge is 0.306 e. The predicted molar refractivity (Wildman–Crippen MR) is 73.8 cm³/mol. The van der Waals surface area contributed by atoms with E-state index in [-0.39, 0.29) is 5.28 Å². The molecule has 2 aromatic rings. The highest BCUT2D eigenvalue weighted by Crippen LogP contribution is 2.32. The maximum absolute atomic E-state index is 6.07. The molecular formula is C11H11Cl2N5S. The molecule has 0 bridgehead atoms. The van der Waals surface area contributed by atoms with E-state index in [2.05, 4.69) is 24.7 Å². The second kappa shape index (κ2) is 5.64. The van der Waals surface area contributed by atoms with Crippen LogP contribution in [0, 0.1) is 0 Å². The number of aryl methyl sites for hydroxylation is 1. The molecule has 3 rings (SSSR count). The molecule has 0 saturated carbocycles. The van der Waals surface area contributed by atoms with Crippen molar-refractivity contribution in [3.63, 3.8) is 0 Å². The minimum Gasteiger partial charge on any atom is -0.306 e. The second-order valence-electron chi connectivity index (χ2n) is 4.26. The summed E-state index contributed by atoms with van der Waals surface area (Å²) < 4.78 is 2.14. The van der Waals surface area contributed by atoms with Gasteiger partial charge in [-0.2, -0.15) is 0 Å². The third-order valence-electron chi connectivity index (χ3n) is 2.95. The molecule has 8 heteroatoms. The van der Waals surface area contributed by atoms with Gasteiger partial charge in [0.15, 0.2) is 5.16 Å². The molecule has 0 radical (unpaired) electrons. The molecule has 1 aliphatic rings. The lowest BCUT2D eigenvalue weighted by molar-refractivity contribution is 0.590. The van der Waals surface area contributed by atoms with Crippen LogP contribution in [-0.4, -0.2) is 24.7 Å². The highest BCUT2D eigenvalue weighted by Gasteiger charge is 2.17. The fourth-order valence-electron chi connectivity index (χ4n) is 2.02. The van der Waals surface area contributed by atoms with E-state index in [9.17, 15) is 0 Å². The van der Waals surface area contributed by atoms with Gasteiger partial charge in [0.2, 0.25) is 5.28 Å². The fourth-order valence-corrected chi connectivity index (χ4v) is 3.26. The first-order valence-corrected chi connectivity index (χ1v) is 7.59. The number of aromatic nitrogens is 5. The second-order valence-corrected chi connectivity index (χ2v) is 5.96. The smallest absolute Gasteiger partial charge is 0.223 e. The monoisotopic (exact) mass is 315 g/mol. The van der Waals surface area contributed by atoms with Crippen molar-refractivity contribution in [2.45, 2.75) is 42.4 Å². The van der Waals surface area contributed by atoms with Gasteiger partial charge in [-0.15, -0.1) is 10.2 Å². The van der Waals surface area contributed by atoms with E-state index in [0.29, 0.717) is 10.0 Å². The van der Waals surface area contributed by atoms with Gasteiger partial charge in [0.05, 0.1) is 11.2 Å². The molecule has 0 N–H and O–H groups in total. The molecule has 3 heterocycles. The van der Waals surface area contributed by atoms with Crippen LogP contribution in [0.1, 0.15) is 25.1 Å². The van der Waals surface area contributed by atoms with Gasteiger partial charge in [0, 0.05) is 13.0 Å². The Morgan fingerprint density at radius 1 is 1.16 bits per heavy atom. The van der Waals surface area contributed by atoms with Gasteiger partial charge in [0.1, 0.15) is 10.9 Å². The van der Waals surface area contributed by atoms with E-state index in [1.54, 1.807) is 0 Å². The maximum Gasteiger partial charge on any atom is 0.223 e. The first-order valence-electron chi connectivity index (χ1n) is 6.02. The zero-order valence-electron chi connectivity index (χ0n) is 10.0. The number of nitrogens with zero attached hydrogens (tertiary/aromatic N) is 5. The van der Waals surface area contributed by atoms with Crippen molar-refractivity contribution < 1.29 is 0 Å². The number of rotatable bonds is 2. The third-order valence-corrected chi connectivity index (χ3v) is 4.51. The molecule has 0 fully saturated rings. The van der Waals surface area contributed by atoms with Crippen molar-refractivity contribution >= 4 is 35.0 Å². The van der Waals surface area contributed by atoms with E-state index in [4.69, 9.17) is 23.2 Å². The normalized spacial score (nSPS) is 15.1. The van der Waals surface area contributed by atoms with E-state index in [1.807, 2.05) is 0 Å². The van der Waals surface area contributed by atoms with Gasteiger partial charge < -0.3 is 4.57 Å². The molecule has 0 spiro atoms. The quantitative estimate of drug-likeness (QED) is 0.629. The summed E-state index contributed by atoms with van der Waals surface area (Å²) in [6.07, 6.45) is 6.03. The number of hydrogen-bond acceptors (Lipinski definition) is 5. The van der Waals surface area contributed by atoms with Gasteiger partial charge in [-0.25, -0.2) is 9.97 Å². The number of hydrogen-bond donors (Lipinski definition) is 0. The summed E-state index contributed by atoms with van der Waals surface area (Å²) in [6, 6.07) is 0. The Labute approximate surface area is 124 Å². The molecule has 0 aromatic carbocycles. The molecule has 0 unspecified atom stereocenters. The Kier molecular flexibility index (Phi) is 3.91. The van der Waals surface area contributed by atoms with Crippen LogP contribution in [0.2, 0.25) is 10.3 Å². The van der Waals surface area contributed by atoms with E-state index < -0.39 is 0 Å². The summed E-state index contributed by atoms with van der Waals surface area (Å²) in [5.74, 6) is 1.04. The van der Waals surface area contributed by atoms with Crippen molar-refractivity contribution in [3.8, 4) is 0 Å². The molecule has 1 aliphatic heterocycles. The summed E-state index contributed by atoms with van der Waals surface area (Å²) in [7, 11) is 0. The third kappa shape index (κ3) is 2.85. The van der Waals surface area contributed by atoms with Crippen LogP contribution in [-0.2, 0) is 13.0 Å². The molecule has 19 heavy (non-hydrogen) atoms. The molecular weight excluding hydrogens is 305 g/mol. The zero-order chi connectivity index (χ0) is 13.2. The van der Waals surface area contributed by atoms with Crippen LogP contribution in [0.15, 0.2) is 16.4 Å². The van der Waals surface area contributed by atoms with Crippen molar-refractivity contribution in [2.75, 3.05) is 0 Å². The van der Waals surface area contributed by atoms with Gasteiger partial charge in [-0.05, 0) is 36.2 Å². The molecule has 0 amide bonds. The van der Waals surface area contributed by atoms with Gasteiger partial charge >= 0.3 is 0 Å². The Hall–Kier alpha value is -0.850. The molecule has 2 aromatic heterocycles. The first-order chi connectivity index (χ1) is 9.24. The number of fused-ring (bicyclic) bond motifs is 1. The highest BCUT2D eigenvalue weighted by molar-refractivity contribution is 7.99. The average molecular weight is 316 g/mol. The van der Waals surface area contributed by atoms with Crippen molar-refractivity contribution in [1.29, 1.82) is 0 Å². The van der Waals surface area contributed by atoms with Gasteiger partial charge in [-0.1, -0.05) is 18.0 Å². The summed E-state index contributed by atoms with van der Waals surface area (Å²) in [5, 5.41) is 10.5. The minimum absolute atomic E-state index is 0.183. The van der Waals surface area contributed by atoms with Gasteiger partial charge in [0.25, 0.3) is 0 Å². The Bertz CT molecular complexity index is 601. The first kappa shape index (κ1) is 13.1. The lowest BCUT2D eigenvalue weighted by Gasteiger charge is -2.06. The zero-order valence-corrected chi connectivity index (χ0v) is 12.3. The standard InChI is InChI=1S/C11H11Cl2N5S/c12-7-6-14-10(13)15-9(7)19-11-17-16-8-4-2-1-3-5-18(8)11/h6H,1-5H2. The average Bonchev–Trinajstić information content (AvgIpc) is 2.62. The molecule has 0 saturated heterocycles. The van der Waals surface area contributed by atoms with Crippen LogP contribution in [0.5, 0.6) is 0 Å². The van der Waals surface area contributed by atoms with Gasteiger partial charge in [-0.3, -0.25) is 0 Å². The Balaban J connectivity index is 1.91. The summed E-state index contributed by atoms with van der Waals surface area (Å²) in [6.45, 7) is 0.946. The Morgan fingerprint density at radius 3 is 2.95 bits per heavy atom. The number of halogens is 2. The van der Waals surface area contributed by atoms with Crippen molar-refractivity contribution in [2.24, 2.45) is 0 Å². The maximum atomic E-state index is 6.07. The van der Waals surface area contributed by atoms with E-state index in [0.717, 1.165) is 30.4 Å². The molecule has 0 aliphatic carbocycles. The van der Waals surface area contributed by atoms with Crippen LogP contribution < -0.4 is 0 Å². The van der Waals surface area contributed by atoms with Crippen molar-refractivity contribution in [3.05, 3.63) is 22.3 Å².